The molecule has 0 spiro atoms. The molecule has 1 fully saturated rings. The summed E-state index contributed by atoms with van der Waals surface area (Å²) in [5.74, 6) is -2.82. The van der Waals surface area contributed by atoms with Crippen LogP contribution in [0.1, 0.15) is 27.8 Å². The molecule has 6 nitrogen and oxygen atoms in total. The maximum atomic E-state index is 14.5. The number of amides is 3. The highest BCUT2D eigenvalue weighted by Gasteiger charge is 2.73. The number of imide groups is 1. The maximum Gasteiger partial charge on any atom is 0.248 e. The van der Waals surface area contributed by atoms with E-state index in [1.165, 1.54) is 0 Å². The topological polar surface area (TPSA) is 75.7 Å². The van der Waals surface area contributed by atoms with Gasteiger partial charge in [-0.15, -0.1) is 23.2 Å². The van der Waals surface area contributed by atoms with Crippen molar-refractivity contribution < 1.29 is 19.1 Å². The highest BCUT2D eigenvalue weighted by atomic mass is 35.5. The van der Waals surface area contributed by atoms with Crippen molar-refractivity contribution in [3.8, 4) is 5.75 Å². The van der Waals surface area contributed by atoms with E-state index >= 15 is 0 Å². The molecule has 2 bridgehead atoms. The molecule has 0 saturated carbocycles. The second-order valence-electron chi connectivity index (χ2n) is 10.9. The molecule has 1 heterocycles. The van der Waals surface area contributed by atoms with E-state index in [1.807, 2.05) is 78.9 Å². The van der Waals surface area contributed by atoms with Gasteiger partial charge in [0.2, 0.25) is 17.7 Å². The molecule has 4 aromatic carbocycles. The van der Waals surface area contributed by atoms with Gasteiger partial charge >= 0.3 is 0 Å². The third-order valence-electron chi connectivity index (χ3n) is 8.86. The number of rotatable bonds is 6. The number of methoxy groups -OCH3 is 1. The van der Waals surface area contributed by atoms with E-state index in [1.54, 1.807) is 31.4 Å². The minimum atomic E-state index is -1.32. The van der Waals surface area contributed by atoms with E-state index in [0.717, 1.165) is 10.5 Å². The van der Waals surface area contributed by atoms with Crippen LogP contribution in [0.25, 0.3) is 0 Å². The molecular formula is C34H26Cl2N2O4. The van der Waals surface area contributed by atoms with Crippen LogP contribution in [0.3, 0.4) is 0 Å². The number of nitrogens with one attached hydrogen (secondary N) is 1. The van der Waals surface area contributed by atoms with E-state index in [9.17, 15) is 14.4 Å². The number of alkyl halides is 2. The number of likely N-dealkylation sites (tertiary alicyclic amines) is 1. The van der Waals surface area contributed by atoms with Gasteiger partial charge in [-0.05, 0) is 52.1 Å². The number of carbonyl (C=O) groups excluding carboxylic acids is 3. The average Bonchev–Trinajstić information content (AvgIpc) is 3.30. The van der Waals surface area contributed by atoms with Crippen molar-refractivity contribution in [1.82, 2.24) is 4.90 Å². The summed E-state index contributed by atoms with van der Waals surface area (Å²) < 4.78 is 5.23. The lowest BCUT2D eigenvalue weighted by Crippen LogP contribution is -2.57. The van der Waals surface area contributed by atoms with Crippen LogP contribution >= 0.6 is 23.2 Å². The molecule has 1 N–H and O–H groups in total. The summed E-state index contributed by atoms with van der Waals surface area (Å²) in [5.41, 5.74) is 4.18. The molecule has 0 aromatic heterocycles. The Morgan fingerprint density at radius 1 is 0.762 bits per heavy atom. The first kappa shape index (κ1) is 26.7. The van der Waals surface area contributed by atoms with Gasteiger partial charge in [0.15, 0.2) is 0 Å². The quantitative estimate of drug-likeness (QED) is 0.224. The lowest BCUT2D eigenvalue weighted by atomic mass is 9.54. The number of anilines is 1. The van der Waals surface area contributed by atoms with Gasteiger partial charge in [0, 0.05) is 12.1 Å². The molecule has 8 heteroatoms. The van der Waals surface area contributed by atoms with E-state index < -0.39 is 45.3 Å². The second-order valence-corrected chi connectivity index (χ2v) is 12.1. The molecule has 3 aliphatic carbocycles. The third kappa shape index (κ3) is 3.61. The Balaban J connectivity index is 1.34. The summed E-state index contributed by atoms with van der Waals surface area (Å²) in [5, 5.41) is 2.90. The van der Waals surface area contributed by atoms with Gasteiger partial charge in [0.05, 0.1) is 18.9 Å². The SMILES string of the molecule is COc1ccc(NC(=O)[C@@H](Cc2ccccc2)N2C(=O)[C@@H]3[C@H](C2=O)C2(Cl)c4ccccc4C3(Cl)c3ccccc32)cc1. The number of carbonyl (C=O) groups is 3. The molecule has 4 aliphatic rings. The number of ether oxygens (including phenoxy) is 1. The smallest absolute Gasteiger partial charge is 0.248 e. The summed E-state index contributed by atoms with van der Waals surface area (Å²) >= 11 is 15.2. The monoisotopic (exact) mass is 596 g/mol. The van der Waals surface area contributed by atoms with Gasteiger partial charge in [-0.1, -0.05) is 78.9 Å². The van der Waals surface area contributed by atoms with Crippen LogP contribution < -0.4 is 10.1 Å². The van der Waals surface area contributed by atoms with Gasteiger partial charge in [-0.3, -0.25) is 19.3 Å². The van der Waals surface area contributed by atoms with E-state index in [-0.39, 0.29) is 6.42 Å². The highest BCUT2D eigenvalue weighted by molar-refractivity contribution is 6.36. The predicted molar refractivity (Wildman–Crippen MR) is 161 cm³/mol. The van der Waals surface area contributed by atoms with Crippen LogP contribution in [0.15, 0.2) is 103 Å². The molecule has 1 saturated heterocycles. The Kier molecular flexibility index (Phi) is 6.19. The molecule has 4 aromatic rings. The first-order valence-corrected chi connectivity index (χ1v) is 14.5. The van der Waals surface area contributed by atoms with Crippen LogP contribution in [0.4, 0.5) is 5.69 Å². The zero-order valence-corrected chi connectivity index (χ0v) is 24.1. The highest BCUT2D eigenvalue weighted by Crippen LogP contribution is 2.69. The van der Waals surface area contributed by atoms with Gasteiger partial charge in [0.25, 0.3) is 0 Å². The molecule has 8 rings (SSSR count). The Morgan fingerprint density at radius 3 is 1.67 bits per heavy atom. The minimum Gasteiger partial charge on any atom is -0.497 e. The van der Waals surface area contributed by atoms with Crippen LogP contribution in [0.5, 0.6) is 5.75 Å². The maximum absolute atomic E-state index is 14.5. The van der Waals surface area contributed by atoms with Crippen LogP contribution in [-0.2, 0) is 30.6 Å². The van der Waals surface area contributed by atoms with Crippen LogP contribution in [0, 0.1) is 11.8 Å². The fourth-order valence-corrected chi connectivity index (χ4v) is 8.13. The number of benzene rings is 4. The largest absolute Gasteiger partial charge is 0.497 e. The fourth-order valence-electron chi connectivity index (χ4n) is 7.03. The Hall–Kier alpha value is -4.13. The molecular weight excluding hydrogens is 571 g/mol. The van der Waals surface area contributed by atoms with Crippen molar-refractivity contribution in [2.24, 2.45) is 11.8 Å². The van der Waals surface area contributed by atoms with E-state index in [4.69, 9.17) is 27.9 Å². The molecule has 210 valence electrons. The number of hydrogen-bond donors (Lipinski definition) is 1. The van der Waals surface area contributed by atoms with Crippen molar-refractivity contribution in [2.75, 3.05) is 12.4 Å². The van der Waals surface area contributed by atoms with Crippen molar-refractivity contribution in [1.29, 1.82) is 0 Å². The van der Waals surface area contributed by atoms with Gasteiger partial charge < -0.3 is 10.1 Å². The zero-order valence-electron chi connectivity index (χ0n) is 22.6. The lowest BCUT2D eigenvalue weighted by Gasteiger charge is -2.54. The van der Waals surface area contributed by atoms with Crippen molar-refractivity contribution >= 4 is 46.6 Å². The summed E-state index contributed by atoms with van der Waals surface area (Å²) in [6.45, 7) is 0. The normalized spacial score (nSPS) is 25.8. The summed E-state index contributed by atoms with van der Waals surface area (Å²) in [4.78, 5) is 41.5. The Morgan fingerprint density at radius 2 is 1.21 bits per heavy atom. The molecule has 3 atom stereocenters. The lowest BCUT2D eigenvalue weighted by molar-refractivity contribution is -0.146. The van der Waals surface area contributed by atoms with Crippen molar-refractivity contribution in [2.45, 2.75) is 22.2 Å². The Bertz CT molecular complexity index is 1620. The zero-order chi connectivity index (χ0) is 29.2. The molecule has 0 unspecified atom stereocenters. The molecule has 3 amide bonds. The third-order valence-corrected chi connectivity index (χ3v) is 10.1. The number of hydrogen-bond acceptors (Lipinski definition) is 4. The summed E-state index contributed by atoms with van der Waals surface area (Å²) in [6.07, 6.45) is 0.129. The standard InChI is InChI=1S/C34H26Cl2N2O4/c1-42-22-17-15-21(16-18-22)37-30(39)27(19-20-9-3-2-4-10-20)38-31(40)28-29(32(38)41)34(36)24-12-6-5-11-23(24)33(28,35)25-13-7-8-14-26(25)34/h2-18,27-29H,19H2,1H3,(H,37,39)/t27-,28-,29+,33?,34?/m1/s1. The first-order chi connectivity index (χ1) is 20.3. The van der Waals surface area contributed by atoms with Gasteiger partial charge in [-0.25, -0.2) is 0 Å². The first-order valence-electron chi connectivity index (χ1n) is 13.7. The minimum absolute atomic E-state index is 0.129. The molecule has 0 radical (unpaired) electrons. The number of halogens is 2. The average molecular weight is 597 g/mol. The Labute approximate surface area is 253 Å². The van der Waals surface area contributed by atoms with Crippen molar-refractivity contribution in [3.63, 3.8) is 0 Å². The molecule has 42 heavy (non-hydrogen) atoms. The van der Waals surface area contributed by atoms with Crippen LogP contribution in [-0.4, -0.2) is 35.8 Å². The summed E-state index contributed by atoms with van der Waals surface area (Å²) in [7, 11) is 1.56. The predicted octanol–water partition coefficient (Wildman–Crippen LogP) is 5.84. The van der Waals surface area contributed by atoms with Crippen LogP contribution in [0.2, 0.25) is 0 Å². The van der Waals surface area contributed by atoms with Gasteiger partial charge in [-0.2, -0.15) is 0 Å². The van der Waals surface area contributed by atoms with E-state index in [0.29, 0.717) is 33.7 Å². The fraction of sp³-hybridized carbons (Fsp3) is 0.206. The van der Waals surface area contributed by atoms with Gasteiger partial charge in [0.1, 0.15) is 21.5 Å². The van der Waals surface area contributed by atoms with Crippen molar-refractivity contribution in [3.05, 3.63) is 131 Å². The molecule has 1 aliphatic heterocycles. The van der Waals surface area contributed by atoms with E-state index in [2.05, 4.69) is 5.32 Å². The second kappa shape index (κ2) is 9.72. The summed E-state index contributed by atoms with van der Waals surface area (Å²) in [6, 6.07) is 30.0. The number of nitrogens with zero attached hydrogens (tertiary/aromatic N) is 1.